The largest absolute Gasteiger partial charge is 0.354 e. The number of fused-ring (bicyclic) bond motifs is 1. The Hall–Kier alpha value is -1.79. The van der Waals surface area contributed by atoms with E-state index in [9.17, 15) is 9.59 Å². The third kappa shape index (κ3) is 3.95. The molecule has 3 rings (SSSR count). The van der Waals surface area contributed by atoms with Gasteiger partial charge in [-0.15, -0.1) is 12.4 Å². The number of aromatic amines is 1. The number of nitrogens with one attached hydrogen (secondary N) is 3. The highest BCUT2D eigenvalue weighted by Gasteiger charge is 2.24. The minimum Gasteiger partial charge on any atom is -0.354 e. The number of hydrogen-bond acceptors (Lipinski definition) is 3. The van der Waals surface area contributed by atoms with E-state index in [2.05, 4.69) is 22.5 Å². The summed E-state index contributed by atoms with van der Waals surface area (Å²) >= 11 is 0. The lowest BCUT2D eigenvalue weighted by molar-refractivity contribution is -0.126. The summed E-state index contributed by atoms with van der Waals surface area (Å²) < 4.78 is 1.67. The number of carbonyl (C=O) groups is 1. The first-order valence-electron chi connectivity index (χ1n) is 7.84. The van der Waals surface area contributed by atoms with E-state index in [0.29, 0.717) is 19.1 Å². The second kappa shape index (κ2) is 7.66. The van der Waals surface area contributed by atoms with Crippen molar-refractivity contribution in [3.8, 4) is 0 Å². The number of para-hydroxylation sites is 2. The summed E-state index contributed by atoms with van der Waals surface area (Å²) in [6.45, 7) is 3.94. The average molecular weight is 339 g/mol. The molecule has 0 unspecified atom stereocenters. The second-order valence-electron chi connectivity index (χ2n) is 5.97. The monoisotopic (exact) mass is 338 g/mol. The Kier molecular flexibility index (Phi) is 5.85. The molecule has 1 aliphatic heterocycles. The molecule has 3 N–H and O–H groups in total. The summed E-state index contributed by atoms with van der Waals surface area (Å²) in [5.74, 6) is 0.178. The number of benzene rings is 1. The SMILES string of the molecule is C[C@H]1C[C@@H](C(=O)NCCn2c(=O)[nH]c3ccccc32)CCN1.Cl. The molecule has 126 valence electrons. The quantitative estimate of drug-likeness (QED) is 0.785. The van der Waals surface area contributed by atoms with Gasteiger partial charge in [-0.2, -0.15) is 0 Å². The number of rotatable bonds is 4. The summed E-state index contributed by atoms with van der Waals surface area (Å²) in [7, 11) is 0. The van der Waals surface area contributed by atoms with Gasteiger partial charge in [0, 0.05) is 25.0 Å². The number of H-pyrrole nitrogens is 1. The van der Waals surface area contributed by atoms with Crippen LogP contribution in [-0.2, 0) is 11.3 Å². The zero-order valence-electron chi connectivity index (χ0n) is 13.2. The molecule has 0 spiro atoms. The van der Waals surface area contributed by atoms with Crippen LogP contribution in [0.15, 0.2) is 29.1 Å². The molecular formula is C16H23ClN4O2. The normalized spacial score (nSPS) is 20.9. The molecule has 23 heavy (non-hydrogen) atoms. The fourth-order valence-corrected chi connectivity index (χ4v) is 3.13. The van der Waals surface area contributed by atoms with Crippen LogP contribution >= 0.6 is 12.4 Å². The number of halogens is 1. The maximum Gasteiger partial charge on any atom is 0.326 e. The Balaban J connectivity index is 0.00000192. The predicted molar refractivity (Wildman–Crippen MR) is 93.0 cm³/mol. The lowest BCUT2D eigenvalue weighted by Crippen LogP contribution is -2.43. The molecule has 1 saturated heterocycles. The van der Waals surface area contributed by atoms with Crippen LogP contribution < -0.4 is 16.3 Å². The van der Waals surface area contributed by atoms with Crippen molar-refractivity contribution in [3.05, 3.63) is 34.7 Å². The van der Waals surface area contributed by atoms with Crippen molar-refractivity contribution in [1.29, 1.82) is 0 Å². The fourth-order valence-electron chi connectivity index (χ4n) is 3.13. The highest BCUT2D eigenvalue weighted by Crippen LogP contribution is 2.15. The maximum absolute atomic E-state index is 12.2. The van der Waals surface area contributed by atoms with Crippen LogP contribution in [0.4, 0.5) is 0 Å². The lowest BCUT2D eigenvalue weighted by atomic mass is 9.92. The minimum atomic E-state index is -0.133. The number of carbonyl (C=O) groups excluding carboxylic acids is 1. The van der Waals surface area contributed by atoms with Crippen LogP contribution in [0.5, 0.6) is 0 Å². The smallest absolute Gasteiger partial charge is 0.326 e. The van der Waals surface area contributed by atoms with E-state index in [1.54, 1.807) is 4.57 Å². The average Bonchev–Trinajstić information content (AvgIpc) is 2.83. The molecule has 1 aromatic heterocycles. The molecule has 0 aliphatic carbocycles. The lowest BCUT2D eigenvalue weighted by Gasteiger charge is -2.27. The van der Waals surface area contributed by atoms with Gasteiger partial charge in [-0.25, -0.2) is 4.79 Å². The molecular weight excluding hydrogens is 316 g/mol. The molecule has 0 bridgehead atoms. The fraction of sp³-hybridized carbons (Fsp3) is 0.500. The first-order valence-corrected chi connectivity index (χ1v) is 7.84. The Morgan fingerprint density at radius 1 is 1.39 bits per heavy atom. The summed E-state index contributed by atoms with van der Waals surface area (Å²) in [5.41, 5.74) is 1.56. The van der Waals surface area contributed by atoms with Gasteiger partial charge in [-0.3, -0.25) is 9.36 Å². The first-order chi connectivity index (χ1) is 10.6. The van der Waals surface area contributed by atoms with Gasteiger partial charge in [0.05, 0.1) is 11.0 Å². The number of imidazole rings is 1. The van der Waals surface area contributed by atoms with E-state index >= 15 is 0 Å². The van der Waals surface area contributed by atoms with Crippen LogP contribution in [-0.4, -0.2) is 34.6 Å². The topological polar surface area (TPSA) is 78.9 Å². The van der Waals surface area contributed by atoms with E-state index in [-0.39, 0.29) is 29.9 Å². The van der Waals surface area contributed by atoms with Crippen molar-refractivity contribution in [3.63, 3.8) is 0 Å². The molecule has 1 aliphatic rings. The highest BCUT2D eigenvalue weighted by molar-refractivity contribution is 5.85. The summed E-state index contributed by atoms with van der Waals surface area (Å²) in [6.07, 6.45) is 1.75. The van der Waals surface area contributed by atoms with E-state index in [0.717, 1.165) is 30.4 Å². The van der Waals surface area contributed by atoms with Crippen molar-refractivity contribution in [2.24, 2.45) is 5.92 Å². The predicted octanol–water partition coefficient (Wildman–Crippen LogP) is 1.26. The van der Waals surface area contributed by atoms with Crippen LogP contribution in [0.2, 0.25) is 0 Å². The van der Waals surface area contributed by atoms with E-state index in [4.69, 9.17) is 0 Å². The molecule has 2 atom stereocenters. The number of nitrogens with zero attached hydrogens (tertiary/aromatic N) is 1. The van der Waals surface area contributed by atoms with E-state index in [1.807, 2.05) is 24.3 Å². The molecule has 6 nitrogen and oxygen atoms in total. The summed E-state index contributed by atoms with van der Waals surface area (Å²) in [6, 6.07) is 7.97. The van der Waals surface area contributed by atoms with Gasteiger partial charge in [0.2, 0.25) is 5.91 Å². The molecule has 0 saturated carbocycles. The second-order valence-corrected chi connectivity index (χ2v) is 5.97. The number of hydrogen-bond donors (Lipinski definition) is 3. The van der Waals surface area contributed by atoms with Gasteiger partial charge in [0.15, 0.2) is 0 Å². The Labute approximate surface area is 141 Å². The number of aromatic nitrogens is 2. The van der Waals surface area contributed by atoms with Gasteiger partial charge in [-0.1, -0.05) is 12.1 Å². The zero-order chi connectivity index (χ0) is 15.5. The maximum atomic E-state index is 12.2. The Morgan fingerprint density at radius 2 is 2.17 bits per heavy atom. The minimum absolute atomic E-state index is 0. The molecule has 1 amide bonds. The van der Waals surface area contributed by atoms with Gasteiger partial charge in [0.1, 0.15) is 0 Å². The van der Waals surface area contributed by atoms with Crippen LogP contribution in [0, 0.1) is 5.92 Å². The van der Waals surface area contributed by atoms with Crippen molar-refractivity contribution in [2.75, 3.05) is 13.1 Å². The molecule has 7 heteroatoms. The zero-order valence-corrected chi connectivity index (χ0v) is 14.0. The van der Waals surface area contributed by atoms with Crippen molar-refractivity contribution >= 4 is 29.3 Å². The van der Waals surface area contributed by atoms with E-state index < -0.39 is 0 Å². The molecule has 2 aromatic rings. The standard InChI is InChI=1S/C16H22N4O2.ClH/c1-11-10-12(6-7-17-11)15(21)18-8-9-20-14-5-3-2-4-13(14)19-16(20)22;/h2-5,11-12,17H,6-10H2,1H3,(H,18,21)(H,19,22);1H/t11-,12-;/m0./s1. The van der Waals surface area contributed by atoms with E-state index in [1.165, 1.54) is 0 Å². The van der Waals surface area contributed by atoms with Crippen LogP contribution in [0.1, 0.15) is 19.8 Å². The van der Waals surface area contributed by atoms with Crippen LogP contribution in [0.25, 0.3) is 11.0 Å². The summed E-state index contributed by atoms with van der Waals surface area (Å²) in [5, 5.41) is 6.31. The third-order valence-electron chi connectivity index (χ3n) is 4.31. The molecule has 2 heterocycles. The highest BCUT2D eigenvalue weighted by atomic mass is 35.5. The van der Waals surface area contributed by atoms with Gasteiger partial charge in [-0.05, 0) is 38.4 Å². The summed E-state index contributed by atoms with van der Waals surface area (Å²) in [4.78, 5) is 27.0. The van der Waals surface area contributed by atoms with Gasteiger partial charge < -0.3 is 15.6 Å². The first kappa shape index (κ1) is 17.6. The third-order valence-corrected chi connectivity index (χ3v) is 4.31. The molecule has 1 aromatic carbocycles. The Morgan fingerprint density at radius 3 is 2.96 bits per heavy atom. The van der Waals surface area contributed by atoms with Crippen molar-refractivity contribution in [2.45, 2.75) is 32.4 Å². The van der Waals surface area contributed by atoms with Crippen molar-refractivity contribution < 1.29 is 4.79 Å². The molecule has 1 fully saturated rings. The van der Waals surface area contributed by atoms with Crippen LogP contribution in [0.3, 0.4) is 0 Å². The number of piperidine rings is 1. The van der Waals surface area contributed by atoms with Gasteiger partial charge in [0.25, 0.3) is 0 Å². The Bertz CT molecular complexity index is 724. The van der Waals surface area contributed by atoms with Gasteiger partial charge >= 0.3 is 5.69 Å². The molecule has 0 radical (unpaired) electrons. The van der Waals surface area contributed by atoms with Crippen molar-refractivity contribution in [1.82, 2.24) is 20.2 Å². The number of amides is 1.